The molecule has 0 aliphatic rings. The van der Waals surface area contributed by atoms with E-state index in [-0.39, 0.29) is 5.69 Å². The third-order valence-corrected chi connectivity index (χ3v) is 3.05. The van der Waals surface area contributed by atoms with Crippen molar-refractivity contribution in [3.63, 3.8) is 0 Å². The van der Waals surface area contributed by atoms with Gasteiger partial charge in [-0.05, 0) is 24.1 Å². The molecular formula is C14H16N4O4. The lowest BCUT2D eigenvalue weighted by molar-refractivity contribution is -0.142. The number of carbonyl (C=O) groups is 2. The molecule has 0 amide bonds. The fourth-order valence-corrected chi connectivity index (χ4v) is 1.86. The van der Waals surface area contributed by atoms with Crippen LogP contribution in [-0.4, -0.2) is 47.2 Å². The third-order valence-electron chi connectivity index (χ3n) is 3.05. The van der Waals surface area contributed by atoms with E-state index in [1.54, 1.807) is 12.1 Å². The minimum atomic E-state index is -0.701. The van der Waals surface area contributed by atoms with Gasteiger partial charge in [-0.25, -0.2) is 9.48 Å². The van der Waals surface area contributed by atoms with E-state index in [1.165, 1.54) is 25.1 Å². The zero-order valence-electron chi connectivity index (χ0n) is 12.2. The predicted octanol–water partition coefficient (Wildman–Crippen LogP) is 0.0967. The zero-order chi connectivity index (χ0) is 16.1. The van der Waals surface area contributed by atoms with E-state index in [1.807, 2.05) is 12.1 Å². The van der Waals surface area contributed by atoms with Gasteiger partial charge in [0, 0.05) is 0 Å². The summed E-state index contributed by atoms with van der Waals surface area (Å²) >= 11 is 0. The maximum Gasteiger partial charge on any atom is 0.360 e. The molecule has 1 aromatic heterocycles. The molecule has 0 spiro atoms. The van der Waals surface area contributed by atoms with E-state index in [0.717, 1.165) is 11.3 Å². The summed E-state index contributed by atoms with van der Waals surface area (Å²) in [6, 6.07) is 6.51. The molecule has 0 aliphatic carbocycles. The van der Waals surface area contributed by atoms with Crippen molar-refractivity contribution in [2.24, 2.45) is 5.73 Å². The molecule has 116 valence electrons. The van der Waals surface area contributed by atoms with Gasteiger partial charge in [0.05, 0.1) is 26.1 Å². The number of ether oxygens (including phenoxy) is 2. The van der Waals surface area contributed by atoms with Crippen LogP contribution in [0.1, 0.15) is 16.1 Å². The van der Waals surface area contributed by atoms with Crippen LogP contribution >= 0.6 is 0 Å². The Bertz CT molecular complexity index is 666. The molecule has 0 fully saturated rings. The van der Waals surface area contributed by atoms with E-state index in [9.17, 15) is 9.59 Å². The number of carbonyl (C=O) groups excluding carboxylic acids is 2. The molecule has 2 N–H and O–H groups in total. The molecule has 8 heteroatoms. The normalized spacial score (nSPS) is 11.8. The zero-order valence-corrected chi connectivity index (χ0v) is 12.2. The standard InChI is InChI=1S/C14H16N4O4/c1-21-13(19)11(15)7-9-3-5-10(6-4-9)18-8-12(16-17-18)14(20)22-2/h3-6,8,11H,7,15H2,1-2H3. The molecule has 1 unspecified atom stereocenters. The van der Waals surface area contributed by atoms with Crippen molar-refractivity contribution in [2.45, 2.75) is 12.5 Å². The number of benzene rings is 1. The number of nitrogens with two attached hydrogens (primary N) is 1. The molecule has 0 saturated carbocycles. The molecule has 1 aromatic carbocycles. The maximum absolute atomic E-state index is 11.3. The van der Waals surface area contributed by atoms with Crippen molar-refractivity contribution >= 4 is 11.9 Å². The van der Waals surface area contributed by atoms with Crippen LogP contribution in [0.25, 0.3) is 5.69 Å². The van der Waals surface area contributed by atoms with Crippen LogP contribution in [0.4, 0.5) is 0 Å². The Morgan fingerprint density at radius 1 is 1.23 bits per heavy atom. The van der Waals surface area contributed by atoms with Crippen molar-refractivity contribution in [1.29, 1.82) is 0 Å². The number of hydrogen-bond acceptors (Lipinski definition) is 7. The first-order chi connectivity index (χ1) is 10.5. The second-order valence-corrected chi connectivity index (χ2v) is 4.54. The van der Waals surface area contributed by atoms with Gasteiger partial charge in [-0.2, -0.15) is 0 Å². The minimum Gasteiger partial charge on any atom is -0.468 e. The lowest BCUT2D eigenvalue weighted by Gasteiger charge is -2.09. The first-order valence-corrected chi connectivity index (χ1v) is 6.48. The van der Waals surface area contributed by atoms with E-state index in [2.05, 4.69) is 19.8 Å². The van der Waals surface area contributed by atoms with Gasteiger partial charge in [0.2, 0.25) is 0 Å². The highest BCUT2D eigenvalue weighted by atomic mass is 16.5. The molecular weight excluding hydrogens is 288 g/mol. The average Bonchev–Trinajstić information content (AvgIpc) is 3.03. The van der Waals surface area contributed by atoms with Crippen molar-refractivity contribution in [3.05, 3.63) is 41.7 Å². The van der Waals surface area contributed by atoms with Crippen LogP contribution in [0.3, 0.4) is 0 Å². The first-order valence-electron chi connectivity index (χ1n) is 6.48. The highest BCUT2D eigenvalue weighted by molar-refractivity contribution is 5.86. The average molecular weight is 304 g/mol. The molecule has 22 heavy (non-hydrogen) atoms. The monoisotopic (exact) mass is 304 g/mol. The van der Waals surface area contributed by atoms with Gasteiger partial charge in [-0.1, -0.05) is 17.3 Å². The Morgan fingerprint density at radius 3 is 2.50 bits per heavy atom. The number of hydrogen-bond donors (Lipinski definition) is 1. The minimum absolute atomic E-state index is 0.124. The number of nitrogens with zero attached hydrogens (tertiary/aromatic N) is 3. The molecule has 1 heterocycles. The van der Waals surface area contributed by atoms with Gasteiger partial charge >= 0.3 is 11.9 Å². The molecule has 8 nitrogen and oxygen atoms in total. The van der Waals surface area contributed by atoms with Gasteiger partial charge in [0.1, 0.15) is 6.04 Å². The summed E-state index contributed by atoms with van der Waals surface area (Å²) in [5, 5.41) is 7.58. The summed E-state index contributed by atoms with van der Waals surface area (Å²) in [4.78, 5) is 22.6. The van der Waals surface area contributed by atoms with Crippen molar-refractivity contribution < 1.29 is 19.1 Å². The summed E-state index contributed by atoms with van der Waals surface area (Å²) in [7, 11) is 2.58. The number of aromatic nitrogens is 3. The van der Waals surface area contributed by atoms with Crippen LogP contribution in [0.2, 0.25) is 0 Å². The van der Waals surface area contributed by atoms with Crippen LogP contribution in [0.5, 0.6) is 0 Å². The van der Waals surface area contributed by atoms with Crippen LogP contribution in [-0.2, 0) is 20.7 Å². The van der Waals surface area contributed by atoms with Crippen molar-refractivity contribution in [1.82, 2.24) is 15.0 Å². The third kappa shape index (κ3) is 3.47. The number of esters is 2. The predicted molar refractivity (Wildman–Crippen MR) is 76.4 cm³/mol. The first kappa shape index (κ1) is 15.6. The quantitative estimate of drug-likeness (QED) is 0.780. The van der Waals surface area contributed by atoms with Crippen LogP contribution in [0, 0.1) is 0 Å². The van der Waals surface area contributed by atoms with Crippen LogP contribution < -0.4 is 5.73 Å². The molecule has 2 rings (SSSR count). The van der Waals surface area contributed by atoms with E-state index in [4.69, 9.17) is 5.73 Å². The van der Waals surface area contributed by atoms with E-state index >= 15 is 0 Å². The lowest BCUT2D eigenvalue weighted by atomic mass is 10.1. The Hall–Kier alpha value is -2.74. The number of rotatable bonds is 5. The van der Waals surface area contributed by atoms with Gasteiger partial charge in [-0.3, -0.25) is 4.79 Å². The topological polar surface area (TPSA) is 109 Å². The summed E-state index contributed by atoms with van der Waals surface area (Å²) in [6.45, 7) is 0. The number of methoxy groups -OCH3 is 2. The highest BCUT2D eigenvalue weighted by Gasteiger charge is 2.15. The highest BCUT2D eigenvalue weighted by Crippen LogP contribution is 2.11. The molecule has 0 bridgehead atoms. The van der Waals surface area contributed by atoms with E-state index in [0.29, 0.717) is 6.42 Å². The van der Waals surface area contributed by atoms with E-state index < -0.39 is 18.0 Å². The second kappa shape index (κ2) is 6.81. The van der Waals surface area contributed by atoms with Gasteiger partial charge in [0.25, 0.3) is 0 Å². The Balaban J connectivity index is 2.10. The Labute approximate surface area is 126 Å². The molecule has 0 radical (unpaired) electrons. The Kier molecular flexibility index (Phi) is 4.84. The molecule has 1 atom stereocenters. The fraction of sp³-hybridized carbons (Fsp3) is 0.286. The van der Waals surface area contributed by atoms with Gasteiger partial charge in [0.15, 0.2) is 5.69 Å². The molecule has 2 aromatic rings. The largest absolute Gasteiger partial charge is 0.468 e. The van der Waals surface area contributed by atoms with Crippen molar-refractivity contribution in [2.75, 3.05) is 14.2 Å². The molecule has 0 saturated heterocycles. The molecule has 0 aliphatic heterocycles. The fourth-order valence-electron chi connectivity index (χ4n) is 1.86. The van der Waals surface area contributed by atoms with Crippen molar-refractivity contribution in [3.8, 4) is 5.69 Å². The SMILES string of the molecule is COC(=O)c1cn(-c2ccc(CC(N)C(=O)OC)cc2)nn1. The maximum atomic E-state index is 11.3. The Morgan fingerprint density at radius 2 is 1.91 bits per heavy atom. The van der Waals surface area contributed by atoms with Gasteiger partial charge < -0.3 is 15.2 Å². The second-order valence-electron chi connectivity index (χ2n) is 4.54. The smallest absolute Gasteiger partial charge is 0.360 e. The summed E-state index contributed by atoms with van der Waals surface area (Å²) in [5.74, 6) is -1.00. The summed E-state index contributed by atoms with van der Waals surface area (Å²) < 4.78 is 10.6. The van der Waals surface area contributed by atoms with Gasteiger partial charge in [-0.15, -0.1) is 5.10 Å². The van der Waals surface area contributed by atoms with Crippen LogP contribution in [0.15, 0.2) is 30.5 Å². The lowest BCUT2D eigenvalue weighted by Crippen LogP contribution is -2.33. The summed E-state index contributed by atoms with van der Waals surface area (Å²) in [6.07, 6.45) is 1.85. The summed E-state index contributed by atoms with van der Waals surface area (Å²) in [5.41, 5.74) is 7.44.